The first kappa shape index (κ1) is 18.6. The van der Waals surface area contributed by atoms with E-state index in [9.17, 15) is 4.79 Å². The van der Waals surface area contributed by atoms with E-state index < -0.39 is 0 Å². The van der Waals surface area contributed by atoms with Crippen molar-refractivity contribution in [2.75, 3.05) is 13.1 Å². The fourth-order valence-electron chi connectivity index (χ4n) is 5.04. The van der Waals surface area contributed by atoms with Gasteiger partial charge in [-0.2, -0.15) is 0 Å². The van der Waals surface area contributed by atoms with Crippen molar-refractivity contribution >= 4 is 39.5 Å². The van der Waals surface area contributed by atoms with Crippen molar-refractivity contribution in [2.24, 2.45) is 11.8 Å². The molecule has 2 aliphatic rings. The van der Waals surface area contributed by atoms with Gasteiger partial charge in [0.1, 0.15) is 0 Å². The van der Waals surface area contributed by atoms with Crippen molar-refractivity contribution in [3.63, 3.8) is 0 Å². The summed E-state index contributed by atoms with van der Waals surface area (Å²) in [6.45, 7) is 6.14. The molecule has 1 saturated heterocycles. The van der Waals surface area contributed by atoms with Gasteiger partial charge in [0.05, 0.1) is 21.3 Å². The van der Waals surface area contributed by atoms with E-state index in [4.69, 9.17) is 23.2 Å². The zero-order chi connectivity index (χ0) is 19.6. The van der Waals surface area contributed by atoms with Crippen LogP contribution >= 0.6 is 34.5 Å². The minimum atomic E-state index is 0.0662. The Morgan fingerprint density at radius 3 is 2.86 bits per heavy atom. The minimum Gasteiger partial charge on any atom is -0.296 e. The quantitative estimate of drug-likeness (QED) is 0.571. The van der Waals surface area contributed by atoms with Gasteiger partial charge < -0.3 is 0 Å². The van der Waals surface area contributed by atoms with Crippen molar-refractivity contribution in [1.82, 2.24) is 14.3 Å². The van der Waals surface area contributed by atoms with E-state index in [1.54, 1.807) is 4.40 Å². The van der Waals surface area contributed by atoms with Gasteiger partial charge in [-0.3, -0.25) is 14.1 Å². The van der Waals surface area contributed by atoms with Gasteiger partial charge in [0.25, 0.3) is 5.56 Å². The van der Waals surface area contributed by atoms with E-state index in [-0.39, 0.29) is 11.6 Å². The molecule has 1 aromatic carbocycles. The Kier molecular flexibility index (Phi) is 4.55. The third-order valence-corrected chi connectivity index (χ3v) is 8.12. The fourth-order valence-corrected chi connectivity index (χ4v) is 6.10. The Morgan fingerprint density at radius 2 is 2.07 bits per heavy atom. The van der Waals surface area contributed by atoms with Crippen molar-refractivity contribution in [3.8, 4) is 0 Å². The van der Waals surface area contributed by atoms with Crippen LogP contribution in [0, 0.1) is 18.8 Å². The predicted octanol–water partition coefficient (Wildman–Crippen LogP) is 5.17. The monoisotopic (exact) mass is 433 g/mol. The maximum Gasteiger partial charge on any atom is 0.263 e. The topological polar surface area (TPSA) is 37.6 Å². The van der Waals surface area contributed by atoms with Crippen molar-refractivity contribution in [3.05, 3.63) is 67.0 Å². The molecular weight excluding hydrogens is 413 g/mol. The molecule has 5 rings (SSSR count). The normalized spacial score (nSPS) is 25.6. The van der Waals surface area contributed by atoms with E-state index in [0.717, 1.165) is 29.3 Å². The van der Waals surface area contributed by atoms with Crippen LogP contribution in [-0.2, 0) is 0 Å². The number of benzene rings is 1. The summed E-state index contributed by atoms with van der Waals surface area (Å²) in [5.41, 5.74) is 3.02. The number of hydrogen-bond donors (Lipinski definition) is 0. The third kappa shape index (κ3) is 2.83. The number of hydrogen-bond acceptors (Lipinski definition) is 4. The van der Waals surface area contributed by atoms with Gasteiger partial charge >= 0.3 is 0 Å². The van der Waals surface area contributed by atoms with E-state index in [0.29, 0.717) is 27.8 Å². The van der Waals surface area contributed by atoms with Gasteiger partial charge in [0.15, 0.2) is 4.96 Å². The first-order chi connectivity index (χ1) is 13.4. The van der Waals surface area contributed by atoms with E-state index in [1.165, 1.54) is 23.3 Å². The number of halogens is 2. The lowest BCUT2D eigenvalue weighted by atomic mass is 9.64. The van der Waals surface area contributed by atoms with Crippen LogP contribution in [0.5, 0.6) is 0 Å². The number of rotatable bonds is 3. The summed E-state index contributed by atoms with van der Waals surface area (Å²) in [4.78, 5) is 20.9. The minimum absolute atomic E-state index is 0.0662. The summed E-state index contributed by atoms with van der Waals surface area (Å²) in [7, 11) is 0. The molecule has 0 bridgehead atoms. The molecule has 7 heteroatoms. The van der Waals surface area contributed by atoms with Crippen molar-refractivity contribution < 1.29 is 0 Å². The van der Waals surface area contributed by atoms with Gasteiger partial charge in [0.2, 0.25) is 0 Å². The number of likely N-dealkylation sites (tertiary alicyclic amines) is 1. The number of aromatic nitrogens is 2. The molecule has 2 fully saturated rings. The Hall–Kier alpha value is -1.40. The van der Waals surface area contributed by atoms with Crippen LogP contribution in [-0.4, -0.2) is 27.4 Å². The van der Waals surface area contributed by atoms with E-state index >= 15 is 0 Å². The molecule has 4 unspecified atom stereocenters. The number of nitrogens with zero attached hydrogens (tertiary/aromatic N) is 3. The van der Waals surface area contributed by atoms with Gasteiger partial charge in [-0.1, -0.05) is 29.3 Å². The number of fused-ring (bicyclic) bond motifs is 2. The summed E-state index contributed by atoms with van der Waals surface area (Å²) < 4.78 is 1.67. The van der Waals surface area contributed by atoms with Crippen LogP contribution in [0.3, 0.4) is 0 Å². The summed E-state index contributed by atoms with van der Waals surface area (Å²) in [6.07, 6.45) is 2.99. The zero-order valence-corrected chi connectivity index (χ0v) is 18.1. The molecule has 0 N–H and O–H groups in total. The Morgan fingerprint density at radius 1 is 1.25 bits per heavy atom. The highest BCUT2D eigenvalue weighted by Gasteiger charge is 2.48. The second-order valence-electron chi connectivity index (χ2n) is 8.04. The summed E-state index contributed by atoms with van der Waals surface area (Å²) in [5, 5.41) is 3.15. The molecule has 1 saturated carbocycles. The second kappa shape index (κ2) is 6.84. The Labute approximate surface area is 177 Å². The highest BCUT2D eigenvalue weighted by atomic mass is 35.5. The lowest BCUT2D eigenvalue weighted by Gasteiger charge is -2.40. The SMILES string of the molecule is Cc1nc2sccn2c(=O)c1C(C)N1CC2CC(c3ccc(Cl)c(Cl)c3)C2C1. The molecule has 1 aliphatic carbocycles. The fraction of sp³-hybridized carbons (Fsp3) is 0.429. The largest absolute Gasteiger partial charge is 0.296 e. The van der Waals surface area contributed by atoms with Gasteiger partial charge in [-0.05, 0) is 55.7 Å². The van der Waals surface area contributed by atoms with Gasteiger partial charge in [-0.15, -0.1) is 11.3 Å². The summed E-state index contributed by atoms with van der Waals surface area (Å²) >= 11 is 13.8. The average molecular weight is 434 g/mol. The molecule has 2 aromatic heterocycles. The number of aryl methyl sites for hydroxylation is 1. The molecule has 1 aliphatic heterocycles. The number of thiazole rings is 1. The maximum atomic E-state index is 13.0. The van der Waals surface area contributed by atoms with Crippen LogP contribution in [0.1, 0.15) is 42.1 Å². The van der Waals surface area contributed by atoms with Crippen molar-refractivity contribution in [1.29, 1.82) is 0 Å². The zero-order valence-electron chi connectivity index (χ0n) is 15.7. The maximum absolute atomic E-state index is 13.0. The summed E-state index contributed by atoms with van der Waals surface area (Å²) in [5.74, 6) is 1.82. The molecule has 0 amide bonds. The van der Waals surface area contributed by atoms with Crippen LogP contribution in [0.4, 0.5) is 0 Å². The molecular formula is C21H21Cl2N3OS. The van der Waals surface area contributed by atoms with Crippen LogP contribution < -0.4 is 5.56 Å². The van der Waals surface area contributed by atoms with Gasteiger partial charge in [0, 0.05) is 30.7 Å². The van der Waals surface area contributed by atoms with E-state index in [1.807, 2.05) is 30.6 Å². The Bertz CT molecular complexity index is 1120. The lowest BCUT2D eigenvalue weighted by Crippen LogP contribution is -2.33. The molecule has 28 heavy (non-hydrogen) atoms. The van der Waals surface area contributed by atoms with Gasteiger partial charge in [-0.25, -0.2) is 4.98 Å². The lowest BCUT2D eigenvalue weighted by molar-refractivity contribution is 0.191. The molecule has 4 nitrogen and oxygen atoms in total. The molecule has 0 radical (unpaired) electrons. The first-order valence-electron chi connectivity index (χ1n) is 9.59. The molecule has 3 aromatic rings. The van der Waals surface area contributed by atoms with Crippen molar-refractivity contribution in [2.45, 2.75) is 32.2 Å². The third-order valence-electron chi connectivity index (χ3n) is 6.62. The smallest absolute Gasteiger partial charge is 0.263 e. The van der Waals surface area contributed by atoms with Crippen LogP contribution in [0.15, 0.2) is 34.6 Å². The summed E-state index contributed by atoms with van der Waals surface area (Å²) in [6, 6.07) is 6.08. The van der Waals surface area contributed by atoms with E-state index in [2.05, 4.69) is 22.9 Å². The molecule has 4 atom stereocenters. The van der Waals surface area contributed by atoms with Crippen LogP contribution in [0.2, 0.25) is 10.0 Å². The highest BCUT2D eigenvalue weighted by molar-refractivity contribution is 7.15. The van der Waals surface area contributed by atoms with Crippen LogP contribution in [0.25, 0.3) is 4.96 Å². The molecule has 0 spiro atoms. The highest BCUT2D eigenvalue weighted by Crippen LogP contribution is 2.53. The molecule has 146 valence electrons. The Balaban J connectivity index is 1.39. The second-order valence-corrected chi connectivity index (χ2v) is 9.73. The average Bonchev–Trinajstić information content (AvgIpc) is 3.23. The standard InChI is InChI=1S/C21H21Cl2N3OS/c1-11-19(20(27)26-5-6-28-21(26)24-11)12(2)25-9-14-7-15(16(14)10-25)13-3-4-17(22)18(23)8-13/h3-6,8,12,14-16H,7,9-10H2,1-2H3. The predicted molar refractivity (Wildman–Crippen MR) is 115 cm³/mol. The first-order valence-corrected chi connectivity index (χ1v) is 11.2. The molecule has 3 heterocycles.